The van der Waals surface area contributed by atoms with E-state index in [1.165, 1.54) is 39.8 Å². The molecule has 2 aromatic carbocycles. The molecule has 0 unspecified atom stereocenters. The second kappa shape index (κ2) is 20.7. The molecule has 0 aliphatic heterocycles. The number of ether oxygens (including phenoxy) is 4. The van der Waals surface area contributed by atoms with E-state index < -0.39 is 0 Å². The molecule has 0 N–H and O–H groups in total. The average molecular weight is 651 g/mol. The Labute approximate surface area is 274 Å². The second-order valence-electron chi connectivity index (χ2n) is 10.3. The van der Waals surface area contributed by atoms with Crippen molar-refractivity contribution in [1.29, 1.82) is 0 Å². The van der Waals surface area contributed by atoms with E-state index in [0.29, 0.717) is 26.2 Å². The van der Waals surface area contributed by atoms with E-state index in [0.717, 1.165) is 22.5 Å². The van der Waals surface area contributed by atoms with Crippen LogP contribution in [0.3, 0.4) is 0 Å². The molecule has 252 valence electrons. The first-order valence-corrected chi connectivity index (χ1v) is 15.1. The lowest BCUT2D eigenvalue weighted by molar-refractivity contribution is -0.142. The van der Waals surface area contributed by atoms with Crippen LogP contribution in [0.15, 0.2) is 60.7 Å². The third-order valence-corrected chi connectivity index (χ3v) is 6.45. The number of hydrogen-bond acceptors (Lipinski definition) is 12. The Morgan fingerprint density at radius 2 is 0.766 bits per heavy atom. The lowest BCUT2D eigenvalue weighted by Crippen LogP contribution is -2.31. The Kier molecular flexibility index (Phi) is 16.7. The first kappa shape index (κ1) is 37.9. The second-order valence-corrected chi connectivity index (χ2v) is 10.3. The summed E-state index contributed by atoms with van der Waals surface area (Å²) in [5.74, 6) is -2.23. The molecule has 0 aromatic heterocycles. The van der Waals surface area contributed by atoms with E-state index in [4.69, 9.17) is 18.9 Å². The minimum atomic E-state index is -0.384. The molecule has 0 fully saturated rings. The molecule has 2 rings (SSSR count). The van der Waals surface area contributed by atoms with Crippen molar-refractivity contribution in [3.63, 3.8) is 0 Å². The van der Waals surface area contributed by atoms with Gasteiger partial charge in [0, 0.05) is 39.1 Å². The van der Waals surface area contributed by atoms with Gasteiger partial charge in [0.05, 0.1) is 32.6 Å². The number of esters is 4. The van der Waals surface area contributed by atoms with Crippen molar-refractivity contribution >= 4 is 59.0 Å². The molecule has 12 heteroatoms. The van der Waals surface area contributed by atoms with Gasteiger partial charge in [0.15, 0.2) is 11.6 Å². The molecular formula is C35H42N2O10. The van der Waals surface area contributed by atoms with Crippen molar-refractivity contribution in [2.75, 3.05) is 62.4 Å². The van der Waals surface area contributed by atoms with Crippen LogP contribution in [-0.4, -0.2) is 88.1 Å². The number of benzene rings is 2. The number of nitrogens with zero attached hydrogens (tertiary/aromatic N) is 2. The maximum absolute atomic E-state index is 12.4. The fraction of sp³-hybridized carbons (Fsp3) is 0.371. The summed E-state index contributed by atoms with van der Waals surface area (Å²) in [6, 6.07) is 14.6. The molecule has 12 nitrogen and oxygen atoms in total. The van der Waals surface area contributed by atoms with E-state index in [2.05, 4.69) is 0 Å². The molecule has 0 aliphatic rings. The van der Waals surface area contributed by atoms with Gasteiger partial charge >= 0.3 is 23.9 Å². The fourth-order valence-electron chi connectivity index (χ4n) is 4.20. The van der Waals surface area contributed by atoms with Crippen LogP contribution in [0.4, 0.5) is 11.4 Å². The monoisotopic (exact) mass is 650 g/mol. The highest BCUT2D eigenvalue weighted by Crippen LogP contribution is 2.18. The van der Waals surface area contributed by atoms with Gasteiger partial charge < -0.3 is 28.7 Å². The maximum Gasteiger partial charge on any atom is 0.302 e. The predicted molar refractivity (Wildman–Crippen MR) is 177 cm³/mol. The van der Waals surface area contributed by atoms with E-state index in [9.17, 15) is 28.8 Å². The SMILES string of the molecule is CC(=O)OCCN(CCOC(C)=O)c1ccc(/C=C/C(=O)CC(=O)/C=C/c2ccc(N(CCOC(C)=O)CCOC(C)=O)cc2)cc1. The molecule has 0 bridgehead atoms. The summed E-state index contributed by atoms with van der Waals surface area (Å²) < 4.78 is 20.1. The molecule has 0 saturated carbocycles. The zero-order valence-electron chi connectivity index (χ0n) is 27.3. The average Bonchev–Trinajstić information content (AvgIpc) is 3.01. The third-order valence-electron chi connectivity index (χ3n) is 6.45. The zero-order chi connectivity index (χ0) is 34.6. The van der Waals surface area contributed by atoms with E-state index in [-0.39, 0.29) is 68.3 Å². The van der Waals surface area contributed by atoms with Crippen molar-refractivity contribution in [2.45, 2.75) is 34.1 Å². The standard InChI is InChI=1S/C35H42N2O10/c1-26(38)44-21-17-36(18-22-45-27(2)39)32-11-5-30(6-12-32)9-15-34(42)25-35(43)16-10-31-7-13-33(14-8-31)37(19-23-46-28(3)40)20-24-47-29(4)41/h5-16H,17-25H2,1-4H3/b15-9+,16-10+. The smallest absolute Gasteiger partial charge is 0.302 e. The van der Waals surface area contributed by atoms with Crippen molar-refractivity contribution in [2.24, 2.45) is 0 Å². The lowest BCUT2D eigenvalue weighted by atomic mass is 10.1. The van der Waals surface area contributed by atoms with Crippen LogP contribution in [0.2, 0.25) is 0 Å². The van der Waals surface area contributed by atoms with Gasteiger partial charge in [0.2, 0.25) is 0 Å². The highest BCUT2D eigenvalue weighted by atomic mass is 16.5. The van der Waals surface area contributed by atoms with Crippen molar-refractivity contribution in [3.8, 4) is 0 Å². The minimum absolute atomic E-state index is 0.177. The Hall–Kier alpha value is -5.26. The van der Waals surface area contributed by atoms with Crippen LogP contribution in [0.5, 0.6) is 0 Å². The van der Waals surface area contributed by atoms with Gasteiger partial charge in [-0.2, -0.15) is 0 Å². The van der Waals surface area contributed by atoms with Gasteiger partial charge in [-0.1, -0.05) is 36.4 Å². The molecular weight excluding hydrogens is 608 g/mol. The molecule has 0 spiro atoms. The fourth-order valence-corrected chi connectivity index (χ4v) is 4.20. The van der Waals surface area contributed by atoms with E-state index >= 15 is 0 Å². The summed E-state index contributed by atoms with van der Waals surface area (Å²) >= 11 is 0. The lowest BCUT2D eigenvalue weighted by Gasteiger charge is -2.24. The number of anilines is 2. The Morgan fingerprint density at radius 1 is 0.489 bits per heavy atom. The quantitative estimate of drug-likeness (QED) is 0.0889. The summed E-state index contributed by atoms with van der Waals surface area (Å²) in [5.41, 5.74) is 3.13. The first-order chi connectivity index (χ1) is 22.4. The van der Waals surface area contributed by atoms with Crippen molar-refractivity contribution in [1.82, 2.24) is 0 Å². The summed E-state index contributed by atoms with van der Waals surface area (Å²) in [7, 11) is 0. The van der Waals surface area contributed by atoms with Crippen LogP contribution in [0, 0.1) is 0 Å². The van der Waals surface area contributed by atoms with Crippen molar-refractivity contribution < 1.29 is 47.7 Å². The summed E-state index contributed by atoms with van der Waals surface area (Å²) in [5, 5.41) is 0. The van der Waals surface area contributed by atoms with Crippen molar-refractivity contribution in [3.05, 3.63) is 71.8 Å². The molecule has 0 aliphatic carbocycles. The number of rotatable bonds is 20. The first-order valence-electron chi connectivity index (χ1n) is 15.1. The van der Waals surface area contributed by atoms with E-state index in [1.807, 2.05) is 58.3 Å². The van der Waals surface area contributed by atoms with Crippen LogP contribution < -0.4 is 9.80 Å². The molecule has 0 heterocycles. The Bertz CT molecular complexity index is 1270. The number of ketones is 2. The molecule has 0 saturated heterocycles. The number of carbonyl (C=O) groups is 6. The van der Waals surface area contributed by atoms with Crippen LogP contribution in [0.1, 0.15) is 45.2 Å². The highest BCUT2D eigenvalue weighted by Gasteiger charge is 2.10. The summed E-state index contributed by atoms with van der Waals surface area (Å²) in [6.07, 6.45) is 5.67. The van der Waals surface area contributed by atoms with Gasteiger partial charge in [-0.3, -0.25) is 28.8 Å². The van der Waals surface area contributed by atoms with E-state index in [1.54, 1.807) is 12.2 Å². The molecule has 0 amide bonds. The topological polar surface area (TPSA) is 146 Å². The normalized spacial score (nSPS) is 10.8. The largest absolute Gasteiger partial charge is 0.464 e. The number of allylic oxidation sites excluding steroid dienone is 2. The predicted octanol–water partition coefficient (Wildman–Crippen LogP) is 3.81. The summed E-state index contributed by atoms with van der Waals surface area (Å²) in [4.78, 5) is 73.2. The van der Waals surface area contributed by atoms with Gasteiger partial charge in [-0.05, 0) is 47.5 Å². The molecule has 0 radical (unpaired) electrons. The Morgan fingerprint density at radius 3 is 1.02 bits per heavy atom. The van der Waals surface area contributed by atoms with Crippen LogP contribution >= 0.6 is 0 Å². The van der Waals surface area contributed by atoms with Gasteiger partial charge in [-0.15, -0.1) is 0 Å². The van der Waals surface area contributed by atoms with Crippen LogP contribution in [0.25, 0.3) is 12.2 Å². The minimum Gasteiger partial charge on any atom is -0.464 e. The van der Waals surface area contributed by atoms with Crippen LogP contribution in [-0.2, 0) is 47.7 Å². The molecule has 2 aromatic rings. The highest BCUT2D eigenvalue weighted by molar-refractivity contribution is 6.10. The maximum atomic E-state index is 12.4. The zero-order valence-corrected chi connectivity index (χ0v) is 27.3. The third kappa shape index (κ3) is 16.6. The summed E-state index contributed by atoms with van der Waals surface area (Å²) in [6.45, 7) is 7.66. The molecule has 0 atom stereocenters. The number of carbonyl (C=O) groups excluding carboxylic acids is 6. The molecule has 47 heavy (non-hydrogen) atoms. The van der Waals surface area contributed by atoms with Gasteiger partial charge in [0.1, 0.15) is 26.4 Å². The Balaban J connectivity index is 1.93. The number of hydrogen-bond donors (Lipinski definition) is 0. The van der Waals surface area contributed by atoms with Gasteiger partial charge in [0.25, 0.3) is 0 Å². The van der Waals surface area contributed by atoms with Gasteiger partial charge in [-0.25, -0.2) is 0 Å².